The van der Waals surface area contributed by atoms with Gasteiger partial charge in [-0.05, 0) is 17.7 Å². The van der Waals surface area contributed by atoms with Gasteiger partial charge in [-0.25, -0.2) is 4.39 Å². The van der Waals surface area contributed by atoms with Crippen LogP contribution >= 0.6 is 0 Å². The number of Topliss-reactive ketones (excluding diaryl/α,β-unsaturated/α-hetero) is 1. The van der Waals surface area contributed by atoms with E-state index in [1.54, 1.807) is 19.2 Å². The van der Waals surface area contributed by atoms with Crippen molar-refractivity contribution in [2.24, 2.45) is 0 Å². The minimum Gasteiger partial charge on any atom is -0.382 e. The fourth-order valence-corrected chi connectivity index (χ4v) is 1.43. The Morgan fingerprint density at radius 2 is 1.68 bits per heavy atom. The van der Waals surface area contributed by atoms with Gasteiger partial charge in [-0.2, -0.15) is 0 Å². The Labute approximate surface area is 112 Å². The summed E-state index contributed by atoms with van der Waals surface area (Å²) in [6.07, 6.45) is 0.255. The van der Waals surface area contributed by atoms with Crippen molar-refractivity contribution < 1.29 is 23.4 Å². The van der Waals surface area contributed by atoms with Crippen LogP contribution in [0.25, 0.3) is 0 Å². The van der Waals surface area contributed by atoms with Gasteiger partial charge >= 0.3 is 0 Å². The molecule has 1 rings (SSSR count). The van der Waals surface area contributed by atoms with Gasteiger partial charge in [0.1, 0.15) is 12.4 Å². The number of hydrogen-bond donors (Lipinski definition) is 0. The molecule has 0 N–H and O–H groups in total. The van der Waals surface area contributed by atoms with Crippen LogP contribution in [0, 0.1) is 5.82 Å². The maximum atomic E-state index is 12.7. The lowest BCUT2D eigenvalue weighted by molar-refractivity contribution is -0.123. The first kappa shape index (κ1) is 15.8. The van der Waals surface area contributed by atoms with Crippen LogP contribution in [0.1, 0.15) is 5.56 Å². The first-order valence-corrected chi connectivity index (χ1v) is 6.13. The highest BCUT2D eigenvalue weighted by Gasteiger charge is 2.04. The lowest BCUT2D eigenvalue weighted by atomic mass is 10.1. The molecule has 0 saturated carbocycles. The second-order valence-corrected chi connectivity index (χ2v) is 4.00. The molecule has 0 spiro atoms. The predicted molar refractivity (Wildman–Crippen MR) is 68.6 cm³/mol. The number of benzene rings is 1. The molecule has 0 unspecified atom stereocenters. The molecule has 0 radical (unpaired) electrons. The van der Waals surface area contributed by atoms with E-state index in [-0.39, 0.29) is 24.6 Å². The smallest absolute Gasteiger partial charge is 0.162 e. The van der Waals surface area contributed by atoms with Crippen LogP contribution in [0.5, 0.6) is 0 Å². The van der Waals surface area contributed by atoms with E-state index in [2.05, 4.69) is 0 Å². The second kappa shape index (κ2) is 9.61. The lowest BCUT2D eigenvalue weighted by Crippen LogP contribution is -2.15. The quantitative estimate of drug-likeness (QED) is 0.606. The van der Waals surface area contributed by atoms with E-state index in [9.17, 15) is 9.18 Å². The molecular formula is C14H19FO4. The van der Waals surface area contributed by atoms with Crippen LogP contribution in [0.15, 0.2) is 24.3 Å². The molecule has 0 aliphatic rings. The van der Waals surface area contributed by atoms with Gasteiger partial charge in [0.05, 0.1) is 26.4 Å². The third-order valence-corrected chi connectivity index (χ3v) is 2.38. The van der Waals surface area contributed by atoms with Gasteiger partial charge in [-0.15, -0.1) is 0 Å². The zero-order chi connectivity index (χ0) is 13.9. The number of halogens is 1. The zero-order valence-electron chi connectivity index (χ0n) is 11.1. The number of methoxy groups -OCH3 is 1. The number of ketones is 1. The van der Waals surface area contributed by atoms with Gasteiger partial charge in [-0.3, -0.25) is 4.79 Å². The molecule has 1 aromatic rings. The van der Waals surface area contributed by atoms with Crippen molar-refractivity contribution in [3.63, 3.8) is 0 Å². The van der Waals surface area contributed by atoms with Crippen LogP contribution in [0.2, 0.25) is 0 Å². The molecule has 0 aliphatic carbocycles. The average molecular weight is 270 g/mol. The summed E-state index contributed by atoms with van der Waals surface area (Å²) in [5, 5.41) is 0. The standard InChI is InChI=1S/C14H19FO4/c1-17-6-7-18-8-9-19-11-14(16)10-12-2-4-13(15)5-3-12/h2-5H,6-11H2,1H3. The van der Waals surface area contributed by atoms with Gasteiger partial charge in [0, 0.05) is 13.5 Å². The van der Waals surface area contributed by atoms with Crippen LogP contribution in [-0.4, -0.2) is 45.9 Å². The first-order chi connectivity index (χ1) is 9.22. The largest absolute Gasteiger partial charge is 0.382 e. The van der Waals surface area contributed by atoms with Crippen molar-refractivity contribution in [1.82, 2.24) is 0 Å². The molecule has 0 amide bonds. The summed E-state index contributed by atoms with van der Waals surface area (Å²) in [7, 11) is 1.61. The van der Waals surface area contributed by atoms with E-state index in [1.165, 1.54) is 12.1 Å². The molecule has 0 heterocycles. The van der Waals surface area contributed by atoms with E-state index >= 15 is 0 Å². The first-order valence-electron chi connectivity index (χ1n) is 6.13. The van der Waals surface area contributed by atoms with E-state index in [4.69, 9.17) is 14.2 Å². The summed E-state index contributed by atoms with van der Waals surface area (Å²) in [6.45, 7) is 1.92. The number of carbonyl (C=O) groups excluding carboxylic acids is 1. The normalized spacial score (nSPS) is 10.6. The summed E-state index contributed by atoms with van der Waals surface area (Å²) in [5.41, 5.74) is 0.784. The molecule has 0 aliphatic heterocycles. The molecule has 5 heteroatoms. The highest BCUT2D eigenvalue weighted by Crippen LogP contribution is 2.04. The van der Waals surface area contributed by atoms with Crippen LogP contribution in [-0.2, 0) is 25.4 Å². The summed E-state index contributed by atoms with van der Waals surface area (Å²) >= 11 is 0. The highest BCUT2D eigenvalue weighted by molar-refractivity contribution is 5.82. The van der Waals surface area contributed by atoms with E-state index in [1.807, 2.05) is 0 Å². The van der Waals surface area contributed by atoms with E-state index in [0.717, 1.165) is 5.56 Å². The topological polar surface area (TPSA) is 44.8 Å². The maximum absolute atomic E-state index is 12.7. The Kier molecular flexibility index (Phi) is 7.97. The Morgan fingerprint density at radius 3 is 2.37 bits per heavy atom. The summed E-state index contributed by atoms with van der Waals surface area (Å²) < 4.78 is 27.8. The Balaban J connectivity index is 2.06. The number of carbonyl (C=O) groups is 1. The van der Waals surface area contributed by atoms with Crippen molar-refractivity contribution in [1.29, 1.82) is 0 Å². The van der Waals surface area contributed by atoms with E-state index < -0.39 is 0 Å². The summed E-state index contributed by atoms with van der Waals surface area (Å²) in [4.78, 5) is 11.6. The van der Waals surface area contributed by atoms with Gasteiger partial charge in [0.25, 0.3) is 0 Å². The highest BCUT2D eigenvalue weighted by atomic mass is 19.1. The Bertz CT molecular complexity index is 364. The third kappa shape index (κ3) is 7.66. The number of rotatable bonds is 10. The molecule has 106 valence electrons. The molecule has 1 aromatic carbocycles. The number of hydrogen-bond acceptors (Lipinski definition) is 4. The van der Waals surface area contributed by atoms with Crippen molar-refractivity contribution in [3.05, 3.63) is 35.6 Å². The molecule has 19 heavy (non-hydrogen) atoms. The molecule has 0 atom stereocenters. The second-order valence-electron chi connectivity index (χ2n) is 4.00. The number of ether oxygens (including phenoxy) is 3. The minimum atomic E-state index is -0.305. The van der Waals surface area contributed by atoms with E-state index in [0.29, 0.717) is 26.4 Å². The van der Waals surface area contributed by atoms with Gasteiger partial charge in [-0.1, -0.05) is 12.1 Å². The average Bonchev–Trinajstić information content (AvgIpc) is 2.40. The van der Waals surface area contributed by atoms with Crippen molar-refractivity contribution in [2.45, 2.75) is 6.42 Å². The molecule has 0 aromatic heterocycles. The maximum Gasteiger partial charge on any atom is 0.162 e. The molecule has 0 saturated heterocycles. The van der Waals surface area contributed by atoms with Gasteiger partial charge in [0.15, 0.2) is 5.78 Å². The Hall–Kier alpha value is -1.30. The molecule has 4 nitrogen and oxygen atoms in total. The SMILES string of the molecule is COCCOCCOCC(=O)Cc1ccc(F)cc1. The zero-order valence-corrected chi connectivity index (χ0v) is 11.1. The predicted octanol–water partition coefficient (Wildman–Crippen LogP) is 1.62. The minimum absolute atomic E-state index is 0.0384. The van der Waals surface area contributed by atoms with Crippen molar-refractivity contribution >= 4 is 5.78 Å². The van der Waals surface area contributed by atoms with Crippen LogP contribution < -0.4 is 0 Å². The summed E-state index contributed by atoms with van der Waals surface area (Å²) in [6, 6.07) is 5.88. The molecule has 0 bridgehead atoms. The van der Waals surface area contributed by atoms with Crippen molar-refractivity contribution in [3.8, 4) is 0 Å². The molecule has 0 fully saturated rings. The van der Waals surface area contributed by atoms with Crippen LogP contribution in [0.3, 0.4) is 0 Å². The fourth-order valence-electron chi connectivity index (χ4n) is 1.43. The van der Waals surface area contributed by atoms with Crippen molar-refractivity contribution in [2.75, 3.05) is 40.1 Å². The summed E-state index contributed by atoms with van der Waals surface area (Å²) in [5.74, 6) is -0.343. The monoisotopic (exact) mass is 270 g/mol. The Morgan fingerprint density at radius 1 is 1.05 bits per heavy atom. The van der Waals surface area contributed by atoms with Gasteiger partial charge < -0.3 is 14.2 Å². The van der Waals surface area contributed by atoms with Gasteiger partial charge in [0.2, 0.25) is 0 Å². The van der Waals surface area contributed by atoms with Crippen LogP contribution in [0.4, 0.5) is 4.39 Å². The lowest BCUT2D eigenvalue weighted by Gasteiger charge is -2.05. The fraction of sp³-hybridized carbons (Fsp3) is 0.500. The molecular weight excluding hydrogens is 251 g/mol. The third-order valence-electron chi connectivity index (χ3n) is 2.38.